The van der Waals surface area contributed by atoms with Gasteiger partial charge in [0.1, 0.15) is 0 Å². The van der Waals surface area contributed by atoms with Crippen LogP contribution in [-0.2, 0) is 13.1 Å². The first-order chi connectivity index (χ1) is 9.28. The van der Waals surface area contributed by atoms with Crippen molar-refractivity contribution in [1.29, 1.82) is 0 Å². The Kier molecular flexibility index (Phi) is 5.79. The molecule has 5 nitrogen and oxygen atoms in total. The van der Waals surface area contributed by atoms with Crippen LogP contribution in [0.5, 0.6) is 0 Å². The van der Waals surface area contributed by atoms with Gasteiger partial charge in [-0.25, -0.2) is 4.68 Å². The quantitative estimate of drug-likeness (QED) is 0.736. The molecule has 1 heterocycles. The highest BCUT2D eigenvalue weighted by Crippen LogP contribution is 2.29. The van der Waals surface area contributed by atoms with E-state index in [0.29, 0.717) is 6.54 Å². The molecule has 0 aliphatic heterocycles. The Morgan fingerprint density at radius 3 is 2.89 bits per heavy atom. The molecule has 0 saturated heterocycles. The zero-order valence-electron chi connectivity index (χ0n) is 11.9. The van der Waals surface area contributed by atoms with Gasteiger partial charge in [-0.2, -0.15) is 0 Å². The molecule has 1 aliphatic rings. The molecule has 1 saturated carbocycles. The number of nitrogens with zero attached hydrogens (tertiary/aromatic N) is 3. The predicted octanol–water partition coefficient (Wildman–Crippen LogP) is 1.58. The molecule has 0 atom stereocenters. The van der Waals surface area contributed by atoms with Crippen LogP contribution >= 0.6 is 0 Å². The number of hydrogen-bond acceptors (Lipinski definition) is 4. The predicted molar refractivity (Wildman–Crippen MR) is 74.6 cm³/mol. The van der Waals surface area contributed by atoms with Crippen molar-refractivity contribution in [3.63, 3.8) is 0 Å². The molecular formula is C14H26N4O. The van der Waals surface area contributed by atoms with E-state index in [4.69, 9.17) is 5.11 Å². The van der Waals surface area contributed by atoms with Crippen LogP contribution in [-0.4, -0.2) is 33.3 Å². The first-order valence-electron chi connectivity index (χ1n) is 7.48. The summed E-state index contributed by atoms with van der Waals surface area (Å²) in [4.78, 5) is 0. The van der Waals surface area contributed by atoms with E-state index in [9.17, 15) is 0 Å². The summed E-state index contributed by atoms with van der Waals surface area (Å²) < 4.78 is 1.68. The highest BCUT2D eigenvalue weighted by molar-refractivity contribution is 4.91. The van der Waals surface area contributed by atoms with E-state index in [0.717, 1.165) is 30.6 Å². The summed E-state index contributed by atoms with van der Waals surface area (Å²) in [5, 5.41) is 20.3. The van der Waals surface area contributed by atoms with Gasteiger partial charge in [0.05, 0.1) is 18.8 Å². The van der Waals surface area contributed by atoms with Crippen molar-refractivity contribution in [2.45, 2.75) is 52.1 Å². The summed E-state index contributed by atoms with van der Waals surface area (Å²) in [7, 11) is 0. The number of nitrogens with one attached hydrogen (secondary N) is 1. The molecule has 0 aromatic carbocycles. The number of hydrogen-bond donors (Lipinski definition) is 2. The van der Waals surface area contributed by atoms with E-state index in [-0.39, 0.29) is 6.61 Å². The number of rotatable bonds is 7. The summed E-state index contributed by atoms with van der Waals surface area (Å²) in [6.45, 7) is 4.83. The molecule has 1 aliphatic carbocycles. The second-order valence-corrected chi connectivity index (χ2v) is 5.79. The van der Waals surface area contributed by atoms with Crippen LogP contribution in [0.15, 0.2) is 6.20 Å². The van der Waals surface area contributed by atoms with Gasteiger partial charge < -0.3 is 10.4 Å². The van der Waals surface area contributed by atoms with Crippen molar-refractivity contribution in [3.05, 3.63) is 11.9 Å². The maximum absolute atomic E-state index is 8.80. The summed E-state index contributed by atoms with van der Waals surface area (Å²) in [6, 6.07) is 0. The second kappa shape index (κ2) is 7.60. The zero-order chi connectivity index (χ0) is 13.5. The Morgan fingerprint density at radius 1 is 1.37 bits per heavy atom. The Morgan fingerprint density at radius 2 is 2.16 bits per heavy atom. The third kappa shape index (κ3) is 4.91. The standard InChI is InChI=1S/C14H26N4O/c1-12-2-4-13(5-3-12)6-7-15-10-14-11-18(8-9-19)17-16-14/h11-13,15,19H,2-10H2,1H3. The third-order valence-corrected chi connectivity index (χ3v) is 4.09. The minimum absolute atomic E-state index is 0.107. The molecule has 0 spiro atoms. The van der Waals surface area contributed by atoms with Crippen molar-refractivity contribution in [2.24, 2.45) is 11.8 Å². The molecule has 2 rings (SSSR count). The molecule has 19 heavy (non-hydrogen) atoms. The average molecular weight is 266 g/mol. The highest BCUT2D eigenvalue weighted by Gasteiger charge is 2.17. The van der Waals surface area contributed by atoms with Crippen LogP contribution in [0.4, 0.5) is 0 Å². The molecule has 1 fully saturated rings. The van der Waals surface area contributed by atoms with Crippen molar-refractivity contribution < 1.29 is 5.11 Å². The molecule has 0 amide bonds. The van der Waals surface area contributed by atoms with Gasteiger partial charge in [-0.05, 0) is 24.8 Å². The van der Waals surface area contributed by atoms with Gasteiger partial charge in [0.2, 0.25) is 0 Å². The van der Waals surface area contributed by atoms with Gasteiger partial charge in [-0.3, -0.25) is 0 Å². The minimum Gasteiger partial charge on any atom is -0.394 e. The molecule has 108 valence electrons. The normalized spacial score (nSPS) is 23.7. The van der Waals surface area contributed by atoms with E-state index in [1.54, 1.807) is 4.68 Å². The maximum atomic E-state index is 8.80. The SMILES string of the molecule is CC1CCC(CCNCc2cn(CCO)nn2)CC1. The van der Waals surface area contributed by atoms with Gasteiger partial charge in [-0.1, -0.05) is 37.8 Å². The summed E-state index contributed by atoms with van der Waals surface area (Å²) in [5.74, 6) is 1.85. The minimum atomic E-state index is 0.107. The van der Waals surface area contributed by atoms with E-state index in [2.05, 4.69) is 22.6 Å². The van der Waals surface area contributed by atoms with Crippen molar-refractivity contribution in [1.82, 2.24) is 20.3 Å². The third-order valence-electron chi connectivity index (χ3n) is 4.09. The summed E-state index contributed by atoms with van der Waals surface area (Å²) >= 11 is 0. The van der Waals surface area contributed by atoms with Gasteiger partial charge in [0, 0.05) is 12.7 Å². The van der Waals surface area contributed by atoms with E-state index < -0.39 is 0 Å². The van der Waals surface area contributed by atoms with Gasteiger partial charge in [0.15, 0.2) is 0 Å². The molecule has 0 bridgehead atoms. The van der Waals surface area contributed by atoms with Crippen LogP contribution in [0.3, 0.4) is 0 Å². The van der Waals surface area contributed by atoms with E-state index in [1.807, 2.05) is 6.20 Å². The van der Waals surface area contributed by atoms with Gasteiger partial charge >= 0.3 is 0 Å². The Balaban J connectivity index is 1.58. The van der Waals surface area contributed by atoms with Crippen molar-refractivity contribution in [3.8, 4) is 0 Å². The molecule has 1 aromatic rings. The lowest BCUT2D eigenvalue weighted by atomic mass is 9.81. The fraction of sp³-hybridized carbons (Fsp3) is 0.857. The highest BCUT2D eigenvalue weighted by atomic mass is 16.3. The monoisotopic (exact) mass is 266 g/mol. The molecule has 1 aromatic heterocycles. The first kappa shape index (κ1) is 14.5. The average Bonchev–Trinajstić information content (AvgIpc) is 2.85. The van der Waals surface area contributed by atoms with Gasteiger partial charge in [0.25, 0.3) is 0 Å². The topological polar surface area (TPSA) is 63.0 Å². The lowest BCUT2D eigenvalue weighted by molar-refractivity contribution is 0.268. The number of aliphatic hydroxyl groups is 1. The van der Waals surface area contributed by atoms with E-state index >= 15 is 0 Å². The van der Waals surface area contributed by atoms with Crippen LogP contribution < -0.4 is 5.32 Å². The fourth-order valence-corrected chi connectivity index (χ4v) is 2.77. The Labute approximate surface area is 115 Å². The van der Waals surface area contributed by atoms with Crippen LogP contribution in [0.25, 0.3) is 0 Å². The second-order valence-electron chi connectivity index (χ2n) is 5.79. The van der Waals surface area contributed by atoms with Crippen molar-refractivity contribution in [2.75, 3.05) is 13.2 Å². The Bertz CT molecular complexity index is 358. The summed E-state index contributed by atoms with van der Waals surface area (Å²) in [5.41, 5.74) is 0.950. The summed E-state index contributed by atoms with van der Waals surface area (Å²) in [6.07, 6.45) is 8.77. The smallest absolute Gasteiger partial charge is 0.0964 e. The van der Waals surface area contributed by atoms with Gasteiger partial charge in [-0.15, -0.1) is 5.10 Å². The molecular weight excluding hydrogens is 240 g/mol. The Hall–Kier alpha value is -0.940. The maximum Gasteiger partial charge on any atom is 0.0964 e. The van der Waals surface area contributed by atoms with Crippen LogP contribution in [0, 0.1) is 11.8 Å². The van der Waals surface area contributed by atoms with Crippen LogP contribution in [0.2, 0.25) is 0 Å². The molecule has 0 radical (unpaired) electrons. The lowest BCUT2D eigenvalue weighted by Crippen LogP contribution is -2.20. The molecule has 0 unspecified atom stereocenters. The van der Waals surface area contributed by atoms with Crippen LogP contribution in [0.1, 0.15) is 44.7 Å². The molecule has 2 N–H and O–H groups in total. The van der Waals surface area contributed by atoms with Crippen molar-refractivity contribution >= 4 is 0 Å². The number of aliphatic hydroxyl groups excluding tert-OH is 1. The largest absolute Gasteiger partial charge is 0.394 e. The zero-order valence-corrected chi connectivity index (χ0v) is 11.9. The first-order valence-corrected chi connectivity index (χ1v) is 7.48. The lowest BCUT2D eigenvalue weighted by Gasteiger charge is -2.26. The molecule has 5 heteroatoms. The number of aromatic nitrogens is 3. The fourth-order valence-electron chi connectivity index (χ4n) is 2.77. The van der Waals surface area contributed by atoms with E-state index in [1.165, 1.54) is 32.1 Å².